The summed E-state index contributed by atoms with van der Waals surface area (Å²) in [6.45, 7) is 2.54. The number of ether oxygens (including phenoxy) is 3. The summed E-state index contributed by atoms with van der Waals surface area (Å²) in [7, 11) is 1.67. The van der Waals surface area contributed by atoms with Gasteiger partial charge in [0.15, 0.2) is 0 Å². The van der Waals surface area contributed by atoms with Crippen LogP contribution in [0.1, 0.15) is 24.8 Å². The summed E-state index contributed by atoms with van der Waals surface area (Å²) in [5, 5.41) is 4.07. The first kappa shape index (κ1) is 16.6. The Labute approximate surface area is 141 Å². The zero-order valence-corrected chi connectivity index (χ0v) is 14.0. The molecule has 5 nitrogen and oxygen atoms in total. The number of methoxy groups -OCH3 is 1. The minimum absolute atomic E-state index is 0.155. The summed E-state index contributed by atoms with van der Waals surface area (Å²) >= 11 is 6.22. The van der Waals surface area contributed by atoms with Crippen LogP contribution in [0.3, 0.4) is 0 Å². The molecule has 1 unspecified atom stereocenters. The Hall–Kier alpha value is -1.30. The zero-order valence-electron chi connectivity index (χ0n) is 13.3. The van der Waals surface area contributed by atoms with Gasteiger partial charge in [-0.3, -0.25) is 4.79 Å². The van der Waals surface area contributed by atoms with Gasteiger partial charge in [0.25, 0.3) is 0 Å². The molecule has 2 aliphatic heterocycles. The summed E-state index contributed by atoms with van der Waals surface area (Å²) in [5.74, 6) is 0.664. The number of benzene rings is 1. The zero-order chi connectivity index (χ0) is 16.3. The SMILES string of the molecule is COc1ccc(Cl)cc1C1(CNC2CCOC2=O)CCOCC1. The van der Waals surface area contributed by atoms with E-state index in [1.54, 1.807) is 7.11 Å². The van der Waals surface area contributed by atoms with Gasteiger partial charge in [0.1, 0.15) is 11.8 Å². The summed E-state index contributed by atoms with van der Waals surface area (Å²) in [4.78, 5) is 11.7. The van der Waals surface area contributed by atoms with E-state index in [0.29, 0.717) is 31.4 Å². The summed E-state index contributed by atoms with van der Waals surface area (Å²) in [5.41, 5.74) is 0.923. The average molecular weight is 340 g/mol. The van der Waals surface area contributed by atoms with Crippen LogP contribution in [0.25, 0.3) is 0 Å². The number of halogens is 1. The molecule has 0 aromatic heterocycles. The lowest BCUT2D eigenvalue weighted by Crippen LogP contribution is -2.47. The smallest absolute Gasteiger partial charge is 0.323 e. The molecule has 0 saturated carbocycles. The number of carbonyl (C=O) groups excluding carboxylic acids is 1. The quantitative estimate of drug-likeness (QED) is 0.834. The van der Waals surface area contributed by atoms with E-state index in [9.17, 15) is 4.79 Å². The molecule has 23 heavy (non-hydrogen) atoms. The van der Waals surface area contributed by atoms with E-state index in [-0.39, 0.29) is 17.4 Å². The van der Waals surface area contributed by atoms with Gasteiger partial charge in [0.05, 0.1) is 13.7 Å². The topological polar surface area (TPSA) is 56.8 Å². The van der Waals surface area contributed by atoms with Gasteiger partial charge < -0.3 is 19.5 Å². The van der Waals surface area contributed by atoms with Crippen LogP contribution in [0.2, 0.25) is 5.02 Å². The second kappa shape index (κ2) is 7.07. The van der Waals surface area contributed by atoms with Crippen LogP contribution in [-0.2, 0) is 19.7 Å². The maximum Gasteiger partial charge on any atom is 0.323 e. The number of hydrogen-bond acceptors (Lipinski definition) is 5. The Morgan fingerprint density at radius 1 is 1.35 bits per heavy atom. The van der Waals surface area contributed by atoms with E-state index in [1.807, 2.05) is 18.2 Å². The van der Waals surface area contributed by atoms with Crippen molar-refractivity contribution in [2.45, 2.75) is 30.7 Å². The Morgan fingerprint density at radius 3 is 2.78 bits per heavy atom. The number of carbonyl (C=O) groups is 1. The first-order valence-electron chi connectivity index (χ1n) is 7.96. The third-order valence-electron chi connectivity index (χ3n) is 4.80. The molecule has 0 aliphatic carbocycles. The lowest BCUT2D eigenvalue weighted by molar-refractivity contribution is -0.139. The van der Waals surface area contributed by atoms with E-state index < -0.39 is 0 Å². The molecule has 1 aromatic carbocycles. The Kier molecular flexibility index (Phi) is 5.09. The fraction of sp³-hybridized carbons (Fsp3) is 0.588. The summed E-state index contributed by atoms with van der Waals surface area (Å²) < 4.78 is 16.1. The molecule has 0 radical (unpaired) electrons. The minimum atomic E-state index is -0.222. The van der Waals surface area contributed by atoms with Crippen molar-refractivity contribution in [3.05, 3.63) is 28.8 Å². The highest BCUT2D eigenvalue weighted by atomic mass is 35.5. The first-order chi connectivity index (χ1) is 11.1. The summed E-state index contributed by atoms with van der Waals surface area (Å²) in [6, 6.07) is 5.48. The molecule has 3 rings (SSSR count). The minimum Gasteiger partial charge on any atom is -0.496 e. The van der Waals surface area contributed by atoms with Crippen LogP contribution in [0.5, 0.6) is 5.75 Å². The lowest BCUT2D eigenvalue weighted by Gasteiger charge is -2.39. The molecule has 2 saturated heterocycles. The molecule has 0 bridgehead atoms. The molecule has 2 fully saturated rings. The lowest BCUT2D eigenvalue weighted by atomic mass is 9.73. The molecule has 1 aromatic rings. The Morgan fingerprint density at radius 2 is 2.13 bits per heavy atom. The van der Waals surface area contributed by atoms with Gasteiger partial charge in [0.2, 0.25) is 0 Å². The Bertz CT molecular complexity index is 572. The molecule has 2 heterocycles. The predicted octanol–water partition coefficient (Wildman–Crippen LogP) is 2.30. The number of cyclic esters (lactones) is 1. The van der Waals surface area contributed by atoms with Crippen LogP contribution < -0.4 is 10.1 Å². The third-order valence-corrected chi connectivity index (χ3v) is 5.04. The molecule has 1 atom stereocenters. The van der Waals surface area contributed by atoms with E-state index in [0.717, 1.165) is 30.6 Å². The van der Waals surface area contributed by atoms with Crippen molar-refractivity contribution in [1.29, 1.82) is 0 Å². The predicted molar refractivity (Wildman–Crippen MR) is 87.1 cm³/mol. The second-order valence-electron chi connectivity index (χ2n) is 6.13. The fourth-order valence-corrected chi connectivity index (χ4v) is 3.57. The molecule has 1 N–H and O–H groups in total. The van der Waals surface area contributed by atoms with Crippen LogP contribution in [0.4, 0.5) is 0 Å². The second-order valence-corrected chi connectivity index (χ2v) is 6.56. The maximum absolute atomic E-state index is 11.7. The highest BCUT2D eigenvalue weighted by Gasteiger charge is 2.38. The molecule has 2 aliphatic rings. The molecule has 126 valence electrons. The van der Waals surface area contributed by atoms with Gasteiger partial charge in [-0.25, -0.2) is 0 Å². The number of hydrogen-bond donors (Lipinski definition) is 1. The average Bonchev–Trinajstić information content (AvgIpc) is 2.99. The number of nitrogens with one attached hydrogen (secondary N) is 1. The molecule has 6 heteroatoms. The van der Waals surface area contributed by atoms with Crippen molar-refractivity contribution in [2.24, 2.45) is 0 Å². The molecule has 0 spiro atoms. The van der Waals surface area contributed by atoms with Crippen LogP contribution in [0, 0.1) is 0 Å². The highest BCUT2D eigenvalue weighted by Crippen LogP contribution is 2.40. The van der Waals surface area contributed by atoms with Crippen molar-refractivity contribution < 1.29 is 19.0 Å². The largest absolute Gasteiger partial charge is 0.496 e. The molecular weight excluding hydrogens is 318 g/mol. The van der Waals surface area contributed by atoms with Gasteiger partial charge in [0, 0.05) is 42.2 Å². The highest BCUT2D eigenvalue weighted by molar-refractivity contribution is 6.30. The van der Waals surface area contributed by atoms with E-state index >= 15 is 0 Å². The normalized spacial score (nSPS) is 23.6. The van der Waals surface area contributed by atoms with Crippen LogP contribution in [0.15, 0.2) is 18.2 Å². The van der Waals surface area contributed by atoms with Crippen molar-refractivity contribution in [3.8, 4) is 5.75 Å². The monoisotopic (exact) mass is 339 g/mol. The maximum atomic E-state index is 11.7. The van der Waals surface area contributed by atoms with E-state index in [4.69, 9.17) is 25.8 Å². The van der Waals surface area contributed by atoms with Crippen molar-refractivity contribution in [2.75, 3.05) is 33.5 Å². The van der Waals surface area contributed by atoms with E-state index in [1.165, 1.54) is 0 Å². The van der Waals surface area contributed by atoms with Gasteiger partial charge in [-0.1, -0.05) is 11.6 Å². The van der Waals surface area contributed by atoms with Gasteiger partial charge in [-0.15, -0.1) is 0 Å². The van der Waals surface area contributed by atoms with Gasteiger partial charge >= 0.3 is 5.97 Å². The van der Waals surface area contributed by atoms with Crippen LogP contribution in [-0.4, -0.2) is 45.5 Å². The first-order valence-corrected chi connectivity index (χ1v) is 8.34. The molecular formula is C17H22ClNO4. The third kappa shape index (κ3) is 3.47. The van der Waals surface area contributed by atoms with Crippen molar-refractivity contribution >= 4 is 17.6 Å². The van der Waals surface area contributed by atoms with Gasteiger partial charge in [-0.05, 0) is 31.0 Å². The number of esters is 1. The van der Waals surface area contributed by atoms with Gasteiger partial charge in [-0.2, -0.15) is 0 Å². The fourth-order valence-electron chi connectivity index (χ4n) is 3.40. The summed E-state index contributed by atoms with van der Waals surface area (Å²) in [6.07, 6.45) is 2.44. The molecule has 0 amide bonds. The van der Waals surface area contributed by atoms with Crippen molar-refractivity contribution in [1.82, 2.24) is 5.32 Å². The van der Waals surface area contributed by atoms with E-state index in [2.05, 4.69) is 5.32 Å². The Balaban J connectivity index is 1.87. The standard InChI is InChI=1S/C17H22ClNO4/c1-21-15-3-2-12(18)10-13(15)17(5-8-22-9-6-17)11-19-14-4-7-23-16(14)20/h2-3,10,14,19H,4-9,11H2,1H3. The van der Waals surface area contributed by atoms with Crippen molar-refractivity contribution in [3.63, 3.8) is 0 Å². The van der Waals surface area contributed by atoms with Crippen LogP contribution >= 0.6 is 11.6 Å². The number of rotatable bonds is 5.